The van der Waals surface area contributed by atoms with Crippen molar-refractivity contribution in [1.82, 2.24) is 20.1 Å². The number of carbonyl (C=O) groups excluding carboxylic acids is 1. The van der Waals surface area contributed by atoms with Crippen molar-refractivity contribution in [2.24, 2.45) is 0 Å². The molecular formula is C15H20N4O2S2. The third kappa shape index (κ3) is 4.33. The highest BCUT2D eigenvalue weighted by Gasteiger charge is 2.30. The number of aromatic nitrogens is 3. The van der Waals surface area contributed by atoms with Gasteiger partial charge in [0.05, 0.1) is 10.6 Å². The molecule has 0 atom stereocenters. The summed E-state index contributed by atoms with van der Waals surface area (Å²) in [5.41, 5.74) is 0. The smallest absolute Gasteiger partial charge is 0.230 e. The van der Waals surface area contributed by atoms with Crippen LogP contribution in [0, 0.1) is 0 Å². The second kappa shape index (κ2) is 7.94. The summed E-state index contributed by atoms with van der Waals surface area (Å²) in [6.45, 7) is 1.30. The van der Waals surface area contributed by atoms with E-state index in [0.717, 1.165) is 35.1 Å². The molecule has 124 valence electrons. The fraction of sp³-hybridized carbons (Fsp3) is 0.533. The molecule has 3 rings (SSSR count). The van der Waals surface area contributed by atoms with Crippen molar-refractivity contribution in [2.45, 2.75) is 30.5 Å². The van der Waals surface area contributed by atoms with Crippen LogP contribution in [0.25, 0.3) is 10.7 Å². The van der Waals surface area contributed by atoms with E-state index < -0.39 is 0 Å². The minimum atomic E-state index is 0.0223. The minimum Gasteiger partial charge on any atom is -0.385 e. The summed E-state index contributed by atoms with van der Waals surface area (Å²) < 4.78 is 7.15. The van der Waals surface area contributed by atoms with Gasteiger partial charge >= 0.3 is 0 Å². The van der Waals surface area contributed by atoms with Gasteiger partial charge in [0.2, 0.25) is 5.91 Å². The van der Waals surface area contributed by atoms with Crippen molar-refractivity contribution in [3.05, 3.63) is 17.5 Å². The number of thioether (sulfide) groups is 1. The van der Waals surface area contributed by atoms with Crippen LogP contribution in [0.1, 0.15) is 25.3 Å². The zero-order chi connectivity index (χ0) is 16.1. The van der Waals surface area contributed by atoms with Crippen LogP contribution in [-0.2, 0) is 9.53 Å². The lowest BCUT2D eigenvalue weighted by molar-refractivity contribution is -0.118. The fourth-order valence-corrected chi connectivity index (χ4v) is 3.78. The van der Waals surface area contributed by atoms with Gasteiger partial charge in [0, 0.05) is 26.3 Å². The predicted molar refractivity (Wildman–Crippen MR) is 91.8 cm³/mol. The van der Waals surface area contributed by atoms with Gasteiger partial charge in [-0.2, -0.15) is 0 Å². The molecule has 0 aromatic carbocycles. The number of hydrogen-bond acceptors (Lipinski definition) is 6. The standard InChI is InChI=1S/C15H20N4O2S2/c1-21-8-3-7-16-13(20)10-23-15-18-17-14(12-4-2-9-22-12)19(15)11-5-6-11/h2,4,9,11H,3,5-8,10H2,1H3,(H,16,20). The normalized spacial score (nSPS) is 14.1. The average molecular weight is 352 g/mol. The van der Waals surface area contributed by atoms with Crippen LogP contribution in [0.4, 0.5) is 0 Å². The molecule has 8 heteroatoms. The van der Waals surface area contributed by atoms with Crippen LogP contribution in [0.2, 0.25) is 0 Å². The minimum absolute atomic E-state index is 0.0223. The van der Waals surface area contributed by atoms with Crippen molar-refractivity contribution < 1.29 is 9.53 Å². The maximum Gasteiger partial charge on any atom is 0.230 e. The number of amides is 1. The van der Waals surface area contributed by atoms with E-state index in [1.54, 1.807) is 18.4 Å². The molecule has 0 aliphatic heterocycles. The summed E-state index contributed by atoms with van der Waals surface area (Å²) in [6, 6.07) is 4.56. The van der Waals surface area contributed by atoms with Crippen molar-refractivity contribution in [2.75, 3.05) is 26.0 Å². The number of nitrogens with one attached hydrogen (secondary N) is 1. The van der Waals surface area contributed by atoms with Crippen LogP contribution >= 0.6 is 23.1 Å². The topological polar surface area (TPSA) is 69.0 Å². The third-order valence-corrected chi connectivity index (χ3v) is 5.31. The van der Waals surface area contributed by atoms with Gasteiger partial charge in [-0.3, -0.25) is 9.36 Å². The Morgan fingerprint density at radius 1 is 1.52 bits per heavy atom. The quantitative estimate of drug-likeness (QED) is 0.555. The lowest BCUT2D eigenvalue weighted by atomic mass is 10.4. The number of hydrogen-bond donors (Lipinski definition) is 1. The molecule has 6 nitrogen and oxygen atoms in total. The number of thiophene rings is 1. The Morgan fingerprint density at radius 3 is 3.09 bits per heavy atom. The first-order chi connectivity index (χ1) is 11.3. The number of methoxy groups -OCH3 is 1. The summed E-state index contributed by atoms with van der Waals surface area (Å²) in [4.78, 5) is 13.0. The van der Waals surface area contributed by atoms with E-state index in [2.05, 4.69) is 26.1 Å². The Kier molecular flexibility index (Phi) is 5.69. The van der Waals surface area contributed by atoms with Gasteiger partial charge in [-0.1, -0.05) is 17.8 Å². The first kappa shape index (κ1) is 16.5. The van der Waals surface area contributed by atoms with Gasteiger partial charge in [-0.15, -0.1) is 21.5 Å². The molecule has 23 heavy (non-hydrogen) atoms. The van der Waals surface area contributed by atoms with Crippen LogP contribution in [0.5, 0.6) is 0 Å². The Hall–Kier alpha value is -1.38. The summed E-state index contributed by atoms with van der Waals surface area (Å²) in [5, 5.41) is 14.4. The van der Waals surface area contributed by atoms with Gasteiger partial charge in [0.1, 0.15) is 0 Å². The first-order valence-corrected chi connectivity index (χ1v) is 9.53. The highest BCUT2D eigenvalue weighted by Crippen LogP contribution is 2.41. The molecule has 1 fully saturated rings. The second-order valence-corrected chi connectivity index (χ2v) is 7.26. The van der Waals surface area contributed by atoms with Gasteiger partial charge in [-0.25, -0.2) is 0 Å². The van der Waals surface area contributed by atoms with Crippen molar-refractivity contribution in [3.63, 3.8) is 0 Å². The molecule has 0 unspecified atom stereocenters. The average Bonchev–Trinajstić information content (AvgIpc) is 3.09. The van der Waals surface area contributed by atoms with Crippen LogP contribution < -0.4 is 5.32 Å². The van der Waals surface area contributed by atoms with E-state index in [-0.39, 0.29) is 5.91 Å². The molecule has 2 heterocycles. The maximum atomic E-state index is 11.9. The number of nitrogens with zero attached hydrogens (tertiary/aromatic N) is 3. The molecule has 0 saturated heterocycles. The van der Waals surface area contributed by atoms with Crippen molar-refractivity contribution in [3.8, 4) is 10.7 Å². The largest absolute Gasteiger partial charge is 0.385 e. The summed E-state index contributed by atoms with van der Waals surface area (Å²) in [6.07, 6.45) is 3.15. The number of ether oxygens (including phenoxy) is 1. The SMILES string of the molecule is COCCCNC(=O)CSc1nnc(-c2cccs2)n1C1CC1. The highest BCUT2D eigenvalue weighted by atomic mass is 32.2. The molecule has 1 saturated carbocycles. The number of carbonyl (C=O) groups is 1. The zero-order valence-electron chi connectivity index (χ0n) is 13.0. The first-order valence-electron chi connectivity index (χ1n) is 7.67. The molecule has 0 radical (unpaired) electrons. The van der Waals surface area contributed by atoms with E-state index in [4.69, 9.17) is 4.74 Å². The third-order valence-electron chi connectivity index (χ3n) is 3.50. The molecule has 0 bridgehead atoms. The van der Waals surface area contributed by atoms with Crippen LogP contribution in [-0.4, -0.2) is 46.7 Å². The van der Waals surface area contributed by atoms with Gasteiger partial charge in [0.15, 0.2) is 11.0 Å². The Morgan fingerprint density at radius 2 is 2.39 bits per heavy atom. The van der Waals surface area contributed by atoms with Crippen molar-refractivity contribution in [1.29, 1.82) is 0 Å². The molecular weight excluding hydrogens is 332 g/mol. The van der Waals surface area contributed by atoms with Gasteiger partial charge in [-0.05, 0) is 30.7 Å². The lowest BCUT2D eigenvalue weighted by Gasteiger charge is -2.08. The lowest BCUT2D eigenvalue weighted by Crippen LogP contribution is -2.27. The van der Waals surface area contributed by atoms with E-state index in [9.17, 15) is 4.79 Å². The fourth-order valence-electron chi connectivity index (χ4n) is 2.24. The predicted octanol–water partition coefficient (Wildman–Crippen LogP) is 2.59. The van der Waals surface area contributed by atoms with Gasteiger partial charge in [0.25, 0.3) is 0 Å². The van der Waals surface area contributed by atoms with Crippen molar-refractivity contribution >= 4 is 29.0 Å². The van der Waals surface area contributed by atoms with E-state index in [0.29, 0.717) is 24.9 Å². The summed E-state index contributed by atoms with van der Waals surface area (Å²) in [5.74, 6) is 1.31. The Balaban J connectivity index is 1.59. The second-order valence-electron chi connectivity index (χ2n) is 5.37. The van der Waals surface area contributed by atoms with E-state index in [1.807, 2.05) is 11.4 Å². The summed E-state index contributed by atoms with van der Waals surface area (Å²) >= 11 is 3.12. The molecule has 2 aromatic rings. The number of rotatable bonds is 9. The van der Waals surface area contributed by atoms with Crippen LogP contribution in [0.15, 0.2) is 22.7 Å². The molecule has 1 N–H and O–H groups in total. The Labute approximate surface area is 143 Å². The summed E-state index contributed by atoms with van der Waals surface area (Å²) in [7, 11) is 1.66. The molecule has 2 aromatic heterocycles. The zero-order valence-corrected chi connectivity index (χ0v) is 14.7. The molecule has 1 amide bonds. The molecule has 1 aliphatic rings. The Bertz CT molecular complexity index is 638. The van der Waals surface area contributed by atoms with Gasteiger partial charge < -0.3 is 10.1 Å². The van der Waals surface area contributed by atoms with E-state index >= 15 is 0 Å². The monoisotopic (exact) mass is 352 g/mol. The molecule has 0 spiro atoms. The van der Waals surface area contributed by atoms with E-state index in [1.165, 1.54) is 11.8 Å². The van der Waals surface area contributed by atoms with Crippen LogP contribution in [0.3, 0.4) is 0 Å². The highest BCUT2D eigenvalue weighted by molar-refractivity contribution is 7.99. The molecule has 1 aliphatic carbocycles. The maximum absolute atomic E-state index is 11.9.